The Balaban J connectivity index is 0.000000232. The van der Waals surface area contributed by atoms with Crippen LogP contribution >= 0.6 is 0 Å². The standard InChI is InChI=1S/C19H22N2O4.C19H24N2O2.C17H18N2O4/c1-18(2,3)25-17(22)19(4,5)15-10-14(11-16(12-15)21(23)24)13-6-8-20-9-7-13;1-18(2,3)23-17(22)19(4,5)15-10-14(11-16(20)12-15)13-6-8-21-9-7-13;1-17(2,3)23-16(20)10-12-8-14(11-15(9-12)19(21)22)13-4-6-18-7-5-13/h6-12H,1-5H3;6-12H,20H2,1-5H3;4-9,11H,10H2,1-3H3. The van der Waals surface area contributed by atoms with Crippen molar-refractivity contribution in [2.45, 2.75) is 124 Å². The van der Waals surface area contributed by atoms with Crippen LogP contribution < -0.4 is 5.73 Å². The van der Waals surface area contributed by atoms with E-state index >= 15 is 0 Å². The number of non-ortho nitro benzene ring substituents is 2. The maximum atomic E-state index is 12.6. The first kappa shape index (κ1) is 55.7. The highest BCUT2D eigenvalue weighted by Crippen LogP contribution is 2.35. The largest absolute Gasteiger partial charge is 0.460 e. The first-order valence-electron chi connectivity index (χ1n) is 22.7. The summed E-state index contributed by atoms with van der Waals surface area (Å²) >= 11 is 0. The van der Waals surface area contributed by atoms with Gasteiger partial charge in [0, 0.05) is 67.1 Å². The maximum absolute atomic E-state index is 12.6. The van der Waals surface area contributed by atoms with E-state index in [1.54, 1.807) is 129 Å². The number of hydrogen-bond acceptors (Lipinski definition) is 14. The molecule has 16 nitrogen and oxygen atoms in total. The van der Waals surface area contributed by atoms with Gasteiger partial charge in [-0.05, 0) is 201 Å². The van der Waals surface area contributed by atoms with Gasteiger partial charge in [-0.15, -0.1) is 0 Å². The topological polar surface area (TPSA) is 230 Å². The van der Waals surface area contributed by atoms with Crippen LogP contribution in [0, 0.1) is 20.2 Å². The summed E-state index contributed by atoms with van der Waals surface area (Å²) in [4.78, 5) is 70.6. The Morgan fingerprint density at radius 1 is 0.465 bits per heavy atom. The second-order valence-electron chi connectivity index (χ2n) is 20.7. The summed E-state index contributed by atoms with van der Waals surface area (Å²) in [6.45, 7) is 23.4. The van der Waals surface area contributed by atoms with E-state index < -0.39 is 49.4 Å². The Morgan fingerprint density at radius 2 is 0.803 bits per heavy atom. The second kappa shape index (κ2) is 22.7. The molecule has 0 saturated carbocycles. The fourth-order valence-electron chi connectivity index (χ4n) is 6.70. The molecule has 16 heteroatoms. The van der Waals surface area contributed by atoms with Crippen LogP contribution in [0.3, 0.4) is 0 Å². The lowest BCUT2D eigenvalue weighted by Crippen LogP contribution is -2.36. The van der Waals surface area contributed by atoms with Crippen LogP contribution in [0.5, 0.6) is 0 Å². The molecule has 0 radical (unpaired) electrons. The van der Waals surface area contributed by atoms with E-state index in [0.29, 0.717) is 27.9 Å². The Kier molecular flexibility index (Phi) is 17.8. The summed E-state index contributed by atoms with van der Waals surface area (Å²) in [5.74, 6) is -1.11. The number of nitrogens with two attached hydrogens (primary N) is 1. The highest BCUT2D eigenvalue weighted by Gasteiger charge is 2.37. The van der Waals surface area contributed by atoms with Crippen LogP contribution in [-0.4, -0.2) is 59.5 Å². The van der Waals surface area contributed by atoms with Gasteiger partial charge in [0.05, 0.1) is 27.1 Å². The van der Waals surface area contributed by atoms with Gasteiger partial charge in [-0.1, -0.05) is 6.07 Å². The molecule has 3 aromatic carbocycles. The Bertz CT molecular complexity index is 2830. The minimum absolute atomic E-state index is 0.0168. The molecule has 6 aromatic rings. The highest BCUT2D eigenvalue weighted by molar-refractivity contribution is 5.85. The van der Waals surface area contributed by atoms with Gasteiger partial charge in [-0.3, -0.25) is 49.6 Å². The third-order valence-electron chi connectivity index (χ3n) is 10.3. The van der Waals surface area contributed by atoms with Gasteiger partial charge < -0.3 is 19.9 Å². The SMILES string of the molecule is CC(C)(C)OC(=O)C(C)(C)c1cc(-c2ccncc2)cc([N+](=O)[O-])c1.CC(C)(C)OC(=O)C(C)(C)c1cc(N)cc(-c2ccncc2)c1.CC(C)(C)OC(=O)Cc1cc(-c2ccncc2)cc([N+](=O)[O-])c1. The van der Waals surface area contributed by atoms with E-state index in [2.05, 4.69) is 15.0 Å². The van der Waals surface area contributed by atoms with Crippen LogP contribution in [0.2, 0.25) is 0 Å². The van der Waals surface area contributed by atoms with Gasteiger partial charge in [0.1, 0.15) is 16.8 Å². The molecule has 71 heavy (non-hydrogen) atoms. The van der Waals surface area contributed by atoms with Crippen LogP contribution in [0.15, 0.2) is 128 Å². The number of nitrogen functional groups attached to an aromatic ring is 1. The lowest BCUT2D eigenvalue weighted by Gasteiger charge is -2.29. The lowest BCUT2D eigenvalue weighted by atomic mass is 9.82. The molecule has 374 valence electrons. The van der Waals surface area contributed by atoms with Crippen LogP contribution in [0.4, 0.5) is 17.1 Å². The van der Waals surface area contributed by atoms with Gasteiger partial charge in [0.15, 0.2) is 0 Å². The Labute approximate surface area is 415 Å². The van der Waals surface area contributed by atoms with E-state index in [-0.39, 0.29) is 23.8 Å². The molecule has 0 aliphatic heterocycles. The van der Waals surface area contributed by atoms with Crippen LogP contribution in [0.1, 0.15) is 107 Å². The summed E-state index contributed by atoms with van der Waals surface area (Å²) in [5, 5.41) is 22.5. The van der Waals surface area contributed by atoms with Crippen molar-refractivity contribution in [3.8, 4) is 33.4 Å². The molecule has 6 rings (SSSR count). The third-order valence-corrected chi connectivity index (χ3v) is 10.3. The summed E-state index contributed by atoms with van der Waals surface area (Å²) in [6, 6.07) is 25.9. The number of ether oxygens (including phenoxy) is 3. The molecule has 0 atom stereocenters. The van der Waals surface area contributed by atoms with Crippen molar-refractivity contribution in [2.75, 3.05) is 5.73 Å². The van der Waals surface area contributed by atoms with E-state index in [4.69, 9.17) is 19.9 Å². The molecular weight excluding hydrogens is 905 g/mol. The van der Waals surface area contributed by atoms with Crippen LogP contribution in [0.25, 0.3) is 33.4 Å². The number of pyridine rings is 3. The number of rotatable bonds is 11. The average molecular weight is 969 g/mol. The maximum Gasteiger partial charge on any atom is 0.316 e. The molecule has 3 heterocycles. The molecule has 2 N–H and O–H groups in total. The zero-order chi connectivity index (χ0) is 53.1. The number of esters is 3. The zero-order valence-electron chi connectivity index (χ0n) is 42.7. The summed E-state index contributed by atoms with van der Waals surface area (Å²) in [6.07, 6.45) is 9.91. The van der Waals surface area contributed by atoms with Crippen molar-refractivity contribution >= 4 is 35.0 Å². The van der Waals surface area contributed by atoms with Crippen molar-refractivity contribution in [3.05, 3.63) is 165 Å². The Hall–Kier alpha value is -7.88. The number of hydrogen-bond donors (Lipinski definition) is 1. The molecule has 0 spiro atoms. The number of anilines is 1. The van der Waals surface area contributed by atoms with Gasteiger partial charge in [0.25, 0.3) is 11.4 Å². The molecular formula is C55H64N6O10. The zero-order valence-corrected chi connectivity index (χ0v) is 42.7. The van der Waals surface area contributed by atoms with Crippen molar-refractivity contribution in [1.82, 2.24) is 15.0 Å². The van der Waals surface area contributed by atoms with Gasteiger partial charge in [-0.25, -0.2) is 0 Å². The quantitative estimate of drug-likeness (QED) is 0.0419. The molecule has 0 fully saturated rings. The van der Waals surface area contributed by atoms with Gasteiger partial charge >= 0.3 is 17.9 Å². The predicted octanol–water partition coefficient (Wildman–Crippen LogP) is 11.8. The number of nitro groups is 2. The summed E-state index contributed by atoms with van der Waals surface area (Å²) in [7, 11) is 0. The number of aromatic nitrogens is 3. The summed E-state index contributed by atoms with van der Waals surface area (Å²) < 4.78 is 16.3. The normalized spacial score (nSPS) is 11.7. The molecule has 0 amide bonds. The number of carbonyl (C=O) groups is 3. The Morgan fingerprint density at radius 3 is 1.17 bits per heavy atom. The molecule has 0 aliphatic carbocycles. The number of carbonyl (C=O) groups excluding carboxylic acids is 3. The number of nitro benzene ring substituents is 2. The number of nitrogens with zero attached hydrogens (tertiary/aromatic N) is 5. The summed E-state index contributed by atoms with van der Waals surface area (Å²) in [5.41, 5.74) is 9.76. The molecule has 0 saturated heterocycles. The number of benzene rings is 3. The van der Waals surface area contributed by atoms with Gasteiger partial charge in [-0.2, -0.15) is 0 Å². The average Bonchev–Trinajstić information content (AvgIpc) is 3.28. The molecule has 0 bridgehead atoms. The first-order chi connectivity index (χ1) is 32.8. The monoisotopic (exact) mass is 968 g/mol. The highest BCUT2D eigenvalue weighted by atomic mass is 16.6. The smallest absolute Gasteiger partial charge is 0.316 e. The van der Waals surface area contributed by atoms with Crippen molar-refractivity contribution in [1.29, 1.82) is 0 Å². The molecule has 0 aliphatic rings. The third kappa shape index (κ3) is 16.9. The second-order valence-corrected chi connectivity index (χ2v) is 20.7. The van der Waals surface area contributed by atoms with E-state index in [0.717, 1.165) is 27.8 Å². The van der Waals surface area contributed by atoms with Crippen molar-refractivity contribution in [2.24, 2.45) is 0 Å². The van der Waals surface area contributed by atoms with Crippen molar-refractivity contribution < 1.29 is 38.4 Å². The lowest BCUT2D eigenvalue weighted by molar-refractivity contribution is -0.385. The minimum atomic E-state index is -1.03. The van der Waals surface area contributed by atoms with E-state index in [1.165, 1.54) is 24.3 Å². The van der Waals surface area contributed by atoms with Crippen molar-refractivity contribution in [3.63, 3.8) is 0 Å². The fraction of sp³-hybridized carbons (Fsp3) is 0.345. The molecule has 0 unspecified atom stereocenters. The first-order valence-corrected chi connectivity index (χ1v) is 22.7. The van der Waals surface area contributed by atoms with Crippen LogP contribution in [-0.2, 0) is 45.8 Å². The van der Waals surface area contributed by atoms with E-state index in [9.17, 15) is 34.6 Å². The fourth-order valence-corrected chi connectivity index (χ4v) is 6.70. The minimum Gasteiger partial charge on any atom is -0.460 e. The predicted molar refractivity (Wildman–Crippen MR) is 274 cm³/mol. The molecule has 3 aromatic heterocycles. The van der Waals surface area contributed by atoms with Gasteiger partial charge in [0.2, 0.25) is 0 Å². The van der Waals surface area contributed by atoms with E-state index in [1.807, 2.05) is 65.0 Å².